The van der Waals surface area contributed by atoms with E-state index in [1.54, 1.807) is 13.0 Å². The Bertz CT molecular complexity index is 581. The van der Waals surface area contributed by atoms with Gasteiger partial charge in [-0.25, -0.2) is 0 Å². The zero-order valence-electron chi connectivity index (χ0n) is 11.6. The molecule has 2 fully saturated rings. The van der Waals surface area contributed by atoms with Gasteiger partial charge >= 0.3 is 0 Å². The molecule has 4 unspecified atom stereocenters. The van der Waals surface area contributed by atoms with Crippen molar-refractivity contribution in [1.29, 1.82) is 0 Å². The summed E-state index contributed by atoms with van der Waals surface area (Å²) in [6.07, 6.45) is 3.41. The van der Waals surface area contributed by atoms with Gasteiger partial charge in [-0.3, -0.25) is 9.59 Å². The minimum atomic E-state index is -0.202. The van der Waals surface area contributed by atoms with Gasteiger partial charge in [-0.05, 0) is 44.1 Å². The van der Waals surface area contributed by atoms with Gasteiger partial charge in [0.2, 0.25) is 5.56 Å². The first-order valence-corrected chi connectivity index (χ1v) is 7.22. The lowest BCUT2D eigenvalue weighted by molar-refractivity contribution is 0.0860. The smallest absolute Gasteiger partial charge is 0.253 e. The number of hydrogen-bond donors (Lipinski definition) is 3. The summed E-state index contributed by atoms with van der Waals surface area (Å²) < 4.78 is 0. The van der Waals surface area contributed by atoms with Crippen LogP contribution in [-0.4, -0.2) is 28.6 Å². The monoisotopic (exact) mass is 276 g/mol. The number of fused-ring (bicyclic) bond motifs is 2. The summed E-state index contributed by atoms with van der Waals surface area (Å²) in [5.41, 5.74) is 0.884. The Kier molecular flexibility index (Phi) is 3.38. The molecule has 2 aliphatic rings. The molecule has 0 radical (unpaired) electrons. The lowest BCUT2D eigenvalue weighted by atomic mass is 9.85. The number of pyridine rings is 1. The summed E-state index contributed by atoms with van der Waals surface area (Å²) in [4.78, 5) is 26.2. The third-order valence-electron chi connectivity index (χ3n) is 4.96. The lowest BCUT2D eigenvalue weighted by Crippen LogP contribution is -2.45. The second-order valence-corrected chi connectivity index (χ2v) is 6.04. The summed E-state index contributed by atoms with van der Waals surface area (Å²) in [5, 5.41) is 12.6. The highest BCUT2D eigenvalue weighted by atomic mass is 16.3. The van der Waals surface area contributed by atoms with E-state index in [9.17, 15) is 14.7 Å². The van der Waals surface area contributed by atoms with Gasteiger partial charge in [-0.1, -0.05) is 0 Å². The van der Waals surface area contributed by atoms with E-state index in [0.717, 1.165) is 12.8 Å². The van der Waals surface area contributed by atoms with Crippen LogP contribution in [0.25, 0.3) is 0 Å². The molecule has 108 valence electrons. The van der Waals surface area contributed by atoms with E-state index in [-0.39, 0.29) is 30.0 Å². The molecular formula is C15H20N2O3. The standard InChI is InChI=1S/C15H20N2O3/c1-8-11(4-5-13(19)16-8)15(20)17-14-10-3-2-9(6-10)12(14)7-18/h4-5,9-10,12,14,18H,2-3,6-7H2,1H3,(H,16,19)(H,17,20). The van der Waals surface area contributed by atoms with E-state index >= 15 is 0 Å². The molecule has 0 aromatic carbocycles. The summed E-state index contributed by atoms with van der Waals surface area (Å²) in [7, 11) is 0. The van der Waals surface area contributed by atoms with Crippen molar-refractivity contribution >= 4 is 5.91 Å². The Morgan fingerprint density at radius 2 is 2.15 bits per heavy atom. The summed E-state index contributed by atoms with van der Waals surface area (Å²) in [6.45, 7) is 1.86. The number of aliphatic hydroxyl groups excluding tert-OH is 1. The number of rotatable bonds is 3. The number of aromatic amines is 1. The zero-order valence-corrected chi connectivity index (χ0v) is 11.6. The largest absolute Gasteiger partial charge is 0.396 e. The molecule has 2 aliphatic carbocycles. The van der Waals surface area contributed by atoms with Crippen molar-refractivity contribution in [2.75, 3.05) is 6.61 Å². The fourth-order valence-electron chi connectivity index (χ4n) is 3.95. The van der Waals surface area contributed by atoms with Crippen molar-refractivity contribution in [3.63, 3.8) is 0 Å². The molecule has 3 rings (SSSR count). The summed E-state index contributed by atoms with van der Waals surface area (Å²) in [6, 6.07) is 2.99. The Morgan fingerprint density at radius 3 is 2.85 bits per heavy atom. The molecule has 5 heteroatoms. The van der Waals surface area contributed by atoms with Gasteiger partial charge in [0.15, 0.2) is 0 Å². The summed E-state index contributed by atoms with van der Waals surface area (Å²) in [5.74, 6) is 1.06. The van der Waals surface area contributed by atoms with Crippen molar-refractivity contribution in [1.82, 2.24) is 10.3 Å². The fourth-order valence-corrected chi connectivity index (χ4v) is 3.95. The van der Waals surface area contributed by atoms with Crippen LogP contribution >= 0.6 is 0 Å². The highest BCUT2D eigenvalue weighted by Crippen LogP contribution is 2.48. The second-order valence-electron chi connectivity index (χ2n) is 6.04. The first-order valence-electron chi connectivity index (χ1n) is 7.22. The molecule has 0 aliphatic heterocycles. The van der Waals surface area contributed by atoms with Crippen LogP contribution in [0.5, 0.6) is 0 Å². The molecule has 5 nitrogen and oxygen atoms in total. The Labute approximate surface area is 117 Å². The number of hydrogen-bond acceptors (Lipinski definition) is 3. The van der Waals surface area contributed by atoms with Gasteiger partial charge in [0, 0.05) is 30.3 Å². The van der Waals surface area contributed by atoms with Crippen LogP contribution < -0.4 is 10.9 Å². The number of H-pyrrole nitrogens is 1. The number of carbonyl (C=O) groups excluding carboxylic acids is 1. The third-order valence-corrected chi connectivity index (χ3v) is 4.96. The van der Waals surface area contributed by atoms with Crippen LogP contribution in [0.15, 0.2) is 16.9 Å². The molecule has 1 amide bonds. The molecule has 1 aromatic heterocycles. The highest BCUT2D eigenvalue weighted by Gasteiger charge is 2.47. The van der Waals surface area contributed by atoms with E-state index in [2.05, 4.69) is 10.3 Å². The quantitative estimate of drug-likeness (QED) is 0.764. The molecule has 0 saturated heterocycles. The van der Waals surface area contributed by atoms with Gasteiger partial charge in [-0.15, -0.1) is 0 Å². The minimum Gasteiger partial charge on any atom is -0.396 e. The first kappa shape index (κ1) is 13.4. The Hall–Kier alpha value is -1.62. The van der Waals surface area contributed by atoms with Crippen LogP contribution in [0.1, 0.15) is 35.3 Å². The second kappa shape index (κ2) is 5.05. The lowest BCUT2D eigenvalue weighted by Gasteiger charge is -2.30. The SMILES string of the molecule is Cc1[nH]c(=O)ccc1C(=O)NC1C2CCC(C2)C1CO. The van der Waals surface area contributed by atoms with Crippen molar-refractivity contribution < 1.29 is 9.90 Å². The maximum absolute atomic E-state index is 12.4. The average molecular weight is 276 g/mol. The van der Waals surface area contributed by atoms with E-state index < -0.39 is 0 Å². The minimum absolute atomic E-state index is 0.0672. The van der Waals surface area contributed by atoms with Crippen LogP contribution in [0.4, 0.5) is 0 Å². The normalized spacial score (nSPS) is 31.5. The van der Waals surface area contributed by atoms with Crippen molar-refractivity contribution in [3.8, 4) is 0 Å². The molecule has 2 bridgehead atoms. The molecule has 4 atom stereocenters. The molecular weight excluding hydrogens is 256 g/mol. The predicted octanol–water partition coefficient (Wildman–Crippen LogP) is 0.820. The number of aliphatic hydroxyl groups is 1. The molecule has 1 heterocycles. The Balaban J connectivity index is 1.77. The number of carbonyl (C=O) groups is 1. The van der Waals surface area contributed by atoms with Gasteiger partial charge in [0.05, 0.1) is 5.56 Å². The van der Waals surface area contributed by atoms with Crippen molar-refractivity contribution in [3.05, 3.63) is 33.7 Å². The van der Waals surface area contributed by atoms with Crippen LogP contribution in [-0.2, 0) is 0 Å². The molecule has 1 aromatic rings. The maximum Gasteiger partial charge on any atom is 0.253 e. The van der Waals surface area contributed by atoms with Gasteiger partial charge < -0.3 is 15.4 Å². The van der Waals surface area contributed by atoms with E-state index in [1.165, 1.54) is 12.5 Å². The molecule has 0 spiro atoms. The van der Waals surface area contributed by atoms with Gasteiger partial charge in [0.25, 0.3) is 5.91 Å². The van der Waals surface area contributed by atoms with Crippen molar-refractivity contribution in [2.45, 2.75) is 32.2 Å². The number of aromatic nitrogens is 1. The number of nitrogens with one attached hydrogen (secondary N) is 2. The van der Waals surface area contributed by atoms with Crippen LogP contribution in [0, 0.1) is 24.7 Å². The molecule has 3 N–H and O–H groups in total. The first-order chi connectivity index (χ1) is 9.60. The third kappa shape index (κ3) is 2.16. The maximum atomic E-state index is 12.4. The van der Waals surface area contributed by atoms with Crippen LogP contribution in [0.2, 0.25) is 0 Å². The average Bonchev–Trinajstić information content (AvgIpc) is 2.99. The van der Waals surface area contributed by atoms with E-state index in [4.69, 9.17) is 0 Å². The predicted molar refractivity (Wildman–Crippen MR) is 74.5 cm³/mol. The summed E-state index contributed by atoms with van der Waals surface area (Å²) >= 11 is 0. The van der Waals surface area contributed by atoms with Gasteiger partial charge in [-0.2, -0.15) is 0 Å². The topological polar surface area (TPSA) is 82.2 Å². The van der Waals surface area contributed by atoms with E-state index in [1.807, 2.05) is 0 Å². The fraction of sp³-hybridized carbons (Fsp3) is 0.600. The van der Waals surface area contributed by atoms with Gasteiger partial charge in [0.1, 0.15) is 0 Å². The molecule has 2 saturated carbocycles. The molecule has 20 heavy (non-hydrogen) atoms. The zero-order chi connectivity index (χ0) is 14.3. The number of amides is 1. The van der Waals surface area contributed by atoms with Crippen LogP contribution in [0.3, 0.4) is 0 Å². The highest BCUT2D eigenvalue weighted by molar-refractivity contribution is 5.95. The van der Waals surface area contributed by atoms with E-state index in [0.29, 0.717) is 23.1 Å². The van der Waals surface area contributed by atoms with Crippen molar-refractivity contribution in [2.24, 2.45) is 17.8 Å². The Morgan fingerprint density at radius 1 is 1.40 bits per heavy atom. The number of aryl methyl sites for hydroxylation is 1.